The molecule has 95 heavy (non-hydrogen) atoms. The number of pyridine rings is 1. The SMILES string of the molecule is Cc1ccc2c(c1)c1cc(C)ccc1n2-c1cc(-c2ccccc2-c2cc(-c3ccccc3)nc(-c3ccccc3)n2)c(-c2ccc(-n3c4ccccc4c4cc(-c5ccccc5)ccc43)cc2)c(-c2ccc(-n3c4ccccc4c4cc(-c5ccccc5)ccc43)cc2)n1. The lowest BCUT2D eigenvalue weighted by atomic mass is 9.88. The van der Waals surface area contributed by atoms with Gasteiger partial charge < -0.3 is 9.13 Å². The molecule has 5 aromatic heterocycles. The number of rotatable bonds is 11. The van der Waals surface area contributed by atoms with Crippen LogP contribution < -0.4 is 0 Å². The van der Waals surface area contributed by atoms with Gasteiger partial charge in [-0.3, -0.25) is 4.57 Å². The fourth-order valence-corrected chi connectivity index (χ4v) is 14.5. The van der Waals surface area contributed by atoms with Crippen molar-refractivity contribution < 1.29 is 0 Å². The molecule has 18 aromatic rings. The first-order valence-corrected chi connectivity index (χ1v) is 32.5. The fraction of sp³-hybridized carbons (Fsp3) is 0.0225. The molecule has 0 aliphatic rings. The lowest BCUT2D eigenvalue weighted by Gasteiger charge is -2.21. The molecule has 18 rings (SSSR count). The van der Waals surface area contributed by atoms with Crippen LogP contribution in [0.25, 0.3) is 172 Å². The summed E-state index contributed by atoms with van der Waals surface area (Å²) in [6, 6.07) is 119. The van der Waals surface area contributed by atoms with E-state index in [-0.39, 0.29) is 0 Å². The lowest BCUT2D eigenvalue weighted by Crippen LogP contribution is -2.04. The molecular weight excluding hydrogens is 1150 g/mol. The van der Waals surface area contributed by atoms with Crippen LogP contribution in [0, 0.1) is 13.8 Å². The second kappa shape index (κ2) is 22.7. The van der Waals surface area contributed by atoms with Gasteiger partial charge >= 0.3 is 0 Å². The first kappa shape index (κ1) is 55.3. The molecule has 13 aromatic carbocycles. The van der Waals surface area contributed by atoms with Gasteiger partial charge in [-0.2, -0.15) is 0 Å². The number of aryl methyl sites for hydroxylation is 2. The summed E-state index contributed by atoms with van der Waals surface area (Å²) in [5.74, 6) is 1.46. The van der Waals surface area contributed by atoms with Gasteiger partial charge in [-0.25, -0.2) is 15.0 Å². The number of nitrogens with zero attached hydrogens (tertiary/aromatic N) is 6. The standard InChI is InChI=1S/C89H60N6/c1-57-35-47-84-73(51-57)74-52-58(2)36-48-85(74)95(84)86-55-77(69-29-15-16-30-70(69)79-56-78(61-25-11-5-12-26-61)90-89(91-79)64-27-13-6-14-28-64)87(62-37-43-67(44-38-62)93-80-33-19-17-31-71(80)75-53-65(41-49-82(75)93)59-21-7-3-8-22-59)88(92-86)63-39-45-68(46-40-63)94-81-34-20-18-32-72(81)76-54-66(42-50-83(76)94)60-23-9-4-10-24-60/h3-56H,1-2H3. The zero-order valence-electron chi connectivity index (χ0n) is 52.4. The molecular formula is C89H60N6. The highest BCUT2D eigenvalue weighted by molar-refractivity contribution is 6.13. The second-order valence-corrected chi connectivity index (χ2v) is 24.9. The number of benzene rings is 13. The molecule has 0 aliphatic heterocycles. The molecule has 5 heterocycles. The van der Waals surface area contributed by atoms with Crippen molar-refractivity contribution in [1.29, 1.82) is 0 Å². The average Bonchev–Trinajstić information content (AvgIpc) is 1.68. The smallest absolute Gasteiger partial charge is 0.160 e. The van der Waals surface area contributed by atoms with Gasteiger partial charge in [-0.05, 0) is 150 Å². The normalized spacial score (nSPS) is 11.7. The van der Waals surface area contributed by atoms with Crippen molar-refractivity contribution >= 4 is 65.4 Å². The molecule has 0 saturated carbocycles. The van der Waals surface area contributed by atoms with Crippen LogP contribution in [-0.2, 0) is 0 Å². The van der Waals surface area contributed by atoms with Crippen LogP contribution in [-0.4, -0.2) is 28.7 Å². The Morgan fingerprint density at radius 1 is 0.232 bits per heavy atom. The first-order chi connectivity index (χ1) is 46.9. The molecule has 0 saturated heterocycles. The Bertz CT molecular complexity index is 5890. The van der Waals surface area contributed by atoms with Gasteiger partial charge in [-0.15, -0.1) is 0 Å². The Morgan fingerprint density at radius 3 is 1.17 bits per heavy atom. The minimum Gasteiger partial charge on any atom is -0.309 e. The summed E-state index contributed by atoms with van der Waals surface area (Å²) in [5, 5.41) is 7.20. The summed E-state index contributed by atoms with van der Waals surface area (Å²) in [4.78, 5) is 16.8. The molecule has 0 N–H and O–H groups in total. The van der Waals surface area contributed by atoms with Crippen molar-refractivity contribution in [2.24, 2.45) is 0 Å². The summed E-state index contributed by atoms with van der Waals surface area (Å²) in [7, 11) is 0. The monoisotopic (exact) mass is 1210 g/mol. The van der Waals surface area contributed by atoms with E-state index in [0.717, 1.165) is 112 Å². The average molecular weight is 1210 g/mol. The highest BCUT2D eigenvalue weighted by Crippen LogP contribution is 2.47. The minimum absolute atomic E-state index is 0.654. The van der Waals surface area contributed by atoms with Crippen LogP contribution in [0.1, 0.15) is 11.1 Å². The van der Waals surface area contributed by atoms with Gasteiger partial charge in [0.2, 0.25) is 0 Å². The van der Waals surface area contributed by atoms with Crippen LogP contribution in [0.2, 0.25) is 0 Å². The molecule has 0 fully saturated rings. The predicted octanol–water partition coefficient (Wildman–Crippen LogP) is 23.1. The Labute approximate surface area is 550 Å². The zero-order valence-corrected chi connectivity index (χ0v) is 52.4. The zero-order chi connectivity index (χ0) is 63.1. The summed E-state index contributed by atoms with van der Waals surface area (Å²) in [6.07, 6.45) is 0. The van der Waals surface area contributed by atoms with Crippen LogP contribution in [0.15, 0.2) is 328 Å². The summed E-state index contributed by atoms with van der Waals surface area (Å²) >= 11 is 0. The molecule has 6 nitrogen and oxygen atoms in total. The Kier molecular flexibility index (Phi) is 13.2. The van der Waals surface area contributed by atoms with Crippen molar-refractivity contribution in [3.05, 3.63) is 339 Å². The van der Waals surface area contributed by atoms with Crippen LogP contribution in [0.4, 0.5) is 0 Å². The van der Waals surface area contributed by atoms with Crippen LogP contribution in [0.5, 0.6) is 0 Å². The van der Waals surface area contributed by atoms with Crippen molar-refractivity contribution in [3.8, 4) is 107 Å². The summed E-state index contributed by atoms with van der Waals surface area (Å²) in [5.41, 5.74) is 26.5. The van der Waals surface area contributed by atoms with Crippen LogP contribution >= 0.6 is 0 Å². The maximum atomic E-state index is 6.05. The van der Waals surface area contributed by atoms with Crippen molar-refractivity contribution in [2.45, 2.75) is 13.8 Å². The van der Waals surface area contributed by atoms with E-state index in [1.54, 1.807) is 0 Å². The molecule has 0 spiro atoms. The van der Waals surface area contributed by atoms with Gasteiger partial charge in [0.05, 0.1) is 50.2 Å². The molecule has 0 aliphatic carbocycles. The molecule has 0 radical (unpaired) electrons. The minimum atomic E-state index is 0.654. The van der Waals surface area contributed by atoms with Crippen molar-refractivity contribution in [2.75, 3.05) is 0 Å². The largest absolute Gasteiger partial charge is 0.309 e. The van der Waals surface area contributed by atoms with Gasteiger partial charge in [-0.1, -0.05) is 242 Å². The third-order valence-electron chi connectivity index (χ3n) is 19.0. The maximum Gasteiger partial charge on any atom is 0.160 e. The third kappa shape index (κ3) is 9.53. The van der Waals surface area contributed by atoms with Crippen molar-refractivity contribution in [3.63, 3.8) is 0 Å². The number of hydrogen-bond acceptors (Lipinski definition) is 3. The molecule has 446 valence electrons. The van der Waals surface area contributed by atoms with E-state index < -0.39 is 0 Å². The van der Waals surface area contributed by atoms with Crippen molar-refractivity contribution in [1.82, 2.24) is 28.7 Å². The molecule has 0 amide bonds. The van der Waals surface area contributed by atoms with E-state index >= 15 is 0 Å². The summed E-state index contributed by atoms with van der Waals surface area (Å²) in [6.45, 7) is 4.36. The number of aromatic nitrogens is 6. The number of hydrogen-bond donors (Lipinski definition) is 0. The van der Waals surface area contributed by atoms with Gasteiger partial charge in [0, 0.05) is 71.5 Å². The summed E-state index contributed by atoms with van der Waals surface area (Å²) < 4.78 is 7.19. The van der Waals surface area contributed by atoms with E-state index in [2.05, 4.69) is 349 Å². The molecule has 0 bridgehead atoms. The van der Waals surface area contributed by atoms with E-state index in [1.807, 2.05) is 6.07 Å². The predicted molar refractivity (Wildman–Crippen MR) is 396 cm³/mol. The van der Waals surface area contributed by atoms with Gasteiger partial charge in [0.25, 0.3) is 0 Å². The Morgan fingerprint density at radius 2 is 0.632 bits per heavy atom. The molecule has 6 heteroatoms. The maximum absolute atomic E-state index is 6.05. The second-order valence-electron chi connectivity index (χ2n) is 24.9. The Balaban J connectivity index is 0.899. The highest BCUT2D eigenvalue weighted by atomic mass is 15.1. The van der Waals surface area contributed by atoms with Gasteiger partial charge in [0.15, 0.2) is 5.82 Å². The van der Waals surface area contributed by atoms with Crippen LogP contribution in [0.3, 0.4) is 0 Å². The number of para-hydroxylation sites is 2. The molecule has 0 atom stereocenters. The molecule has 0 unspecified atom stereocenters. The number of fused-ring (bicyclic) bond motifs is 9. The highest BCUT2D eigenvalue weighted by Gasteiger charge is 2.26. The van der Waals surface area contributed by atoms with E-state index in [4.69, 9.17) is 15.0 Å². The van der Waals surface area contributed by atoms with E-state index in [1.165, 1.54) is 65.7 Å². The third-order valence-corrected chi connectivity index (χ3v) is 19.0. The lowest BCUT2D eigenvalue weighted by molar-refractivity contribution is 1.08. The van der Waals surface area contributed by atoms with Gasteiger partial charge in [0.1, 0.15) is 5.82 Å². The van der Waals surface area contributed by atoms with E-state index in [9.17, 15) is 0 Å². The van der Waals surface area contributed by atoms with E-state index in [0.29, 0.717) is 5.82 Å². The first-order valence-electron chi connectivity index (χ1n) is 32.5. The fourth-order valence-electron chi connectivity index (χ4n) is 14.5. The topological polar surface area (TPSA) is 53.5 Å². The quantitative estimate of drug-likeness (QED) is 0.130. The Hall–Kier alpha value is -12.5.